The summed E-state index contributed by atoms with van der Waals surface area (Å²) in [6.07, 6.45) is 1.06. The van der Waals surface area contributed by atoms with Crippen LogP contribution >= 0.6 is 0 Å². The van der Waals surface area contributed by atoms with E-state index < -0.39 is 18.1 Å². The van der Waals surface area contributed by atoms with Gasteiger partial charge in [-0.15, -0.1) is 0 Å². The molecule has 0 saturated carbocycles. The number of amides is 1. The third kappa shape index (κ3) is 6.40. The van der Waals surface area contributed by atoms with Crippen molar-refractivity contribution in [1.82, 2.24) is 10.2 Å². The highest BCUT2D eigenvalue weighted by Gasteiger charge is 2.27. The van der Waals surface area contributed by atoms with Gasteiger partial charge >= 0.3 is 5.97 Å². The minimum atomic E-state index is -0.917. The molecule has 5 heteroatoms. The zero-order chi connectivity index (χ0) is 17.4. The SMILES string of the molecule is CCC(NC(CC(C)C)C(=O)N(C)Cc1ccccc1)C(=O)O. The second-order valence-corrected chi connectivity index (χ2v) is 6.33. The first-order valence-corrected chi connectivity index (χ1v) is 8.12. The average molecular weight is 320 g/mol. The second kappa shape index (κ2) is 9.30. The van der Waals surface area contributed by atoms with Crippen LogP contribution in [-0.2, 0) is 16.1 Å². The Hall–Kier alpha value is -1.88. The van der Waals surface area contributed by atoms with E-state index >= 15 is 0 Å². The number of nitrogens with zero attached hydrogens (tertiary/aromatic N) is 1. The number of carboxylic acids is 1. The van der Waals surface area contributed by atoms with Crippen LogP contribution in [-0.4, -0.2) is 41.0 Å². The Morgan fingerprint density at radius 1 is 1.17 bits per heavy atom. The summed E-state index contributed by atoms with van der Waals surface area (Å²) in [7, 11) is 1.76. The standard InChI is InChI=1S/C18H28N2O3/c1-5-15(18(22)23)19-16(11-13(2)3)17(21)20(4)12-14-9-7-6-8-10-14/h6-10,13,15-16,19H,5,11-12H2,1-4H3,(H,22,23). The number of likely N-dealkylation sites (N-methyl/N-ethyl adjacent to an activating group) is 1. The predicted octanol–water partition coefficient (Wildman–Crippen LogP) is 2.51. The molecule has 0 aliphatic carbocycles. The fourth-order valence-electron chi connectivity index (χ4n) is 2.52. The van der Waals surface area contributed by atoms with Gasteiger partial charge in [0.25, 0.3) is 0 Å². The molecule has 0 radical (unpaired) electrons. The maximum Gasteiger partial charge on any atom is 0.320 e. The van der Waals surface area contributed by atoms with Crippen LogP contribution < -0.4 is 5.32 Å². The molecule has 1 rings (SSSR count). The molecular formula is C18H28N2O3. The zero-order valence-electron chi connectivity index (χ0n) is 14.5. The number of hydrogen-bond acceptors (Lipinski definition) is 3. The van der Waals surface area contributed by atoms with Crippen LogP contribution in [0.3, 0.4) is 0 Å². The van der Waals surface area contributed by atoms with Gasteiger partial charge in [-0.1, -0.05) is 51.1 Å². The highest BCUT2D eigenvalue weighted by atomic mass is 16.4. The lowest BCUT2D eigenvalue weighted by atomic mass is 10.0. The first-order chi connectivity index (χ1) is 10.8. The molecule has 1 amide bonds. The topological polar surface area (TPSA) is 69.6 Å². The number of carboxylic acid groups (broad SMARTS) is 1. The molecule has 0 spiro atoms. The number of carbonyl (C=O) groups is 2. The van der Waals surface area contributed by atoms with E-state index in [1.54, 1.807) is 18.9 Å². The Morgan fingerprint density at radius 2 is 1.78 bits per heavy atom. The molecule has 1 aromatic rings. The summed E-state index contributed by atoms with van der Waals surface area (Å²) < 4.78 is 0. The van der Waals surface area contributed by atoms with Gasteiger partial charge in [-0.05, 0) is 24.3 Å². The minimum Gasteiger partial charge on any atom is -0.480 e. The zero-order valence-corrected chi connectivity index (χ0v) is 14.5. The van der Waals surface area contributed by atoms with Gasteiger partial charge < -0.3 is 10.0 Å². The molecule has 0 bridgehead atoms. The molecule has 0 fully saturated rings. The maximum atomic E-state index is 12.7. The molecule has 23 heavy (non-hydrogen) atoms. The van der Waals surface area contributed by atoms with Gasteiger partial charge in [0.2, 0.25) is 5.91 Å². The maximum absolute atomic E-state index is 12.7. The Balaban J connectivity index is 2.79. The molecule has 5 nitrogen and oxygen atoms in total. The van der Waals surface area contributed by atoms with Crippen molar-refractivity contribution in [3.63, 3.8) is 0 Å². The third-order valence-electron chi connectivity index (χ3n) is 3.75. The average Bonchev–Trinajstić information content (AvgIpc) is 2.50. The van der Waals surface area contributed by atoms with E-state index in [-0.39, 0.29) is 5.91 Å². The van der Waals surface area contributed by atoms with Crippen LogP contribution in [0.5, 0.6) is 0 Å². The van der Waals surface area contributed by atoms with Gasteiger partial charge in [0.05, 0.1) is 6.04 Å². The largest absolute Gasteiger partial charge is 0.480 e. The van der Waals surface area contributed by atoms with Crippen molar-refractivity contribution in [2.75, 3.05) is 7.05 Å². The monoisotopic (exact) mass is 320 g/mol. The minimum absolute atomic E-state index is 0.0674. The first kappa shape index (κ1) is 19.2. The summed E-state index contributed by atoms with van der Waals surface area (Å²) in [6, 6.07) is 8.58. The lowest BCUT2D eigenvalue weighted by Gasteiger charge is -2.28. The van der Waals surface area contributed by atoms with Gasteiger partial charge in [-0.2, -0.15) is 0 Å². The highest BCUT2D eigenvalue weighted by molar-refractivity contribution is 5.83. The molecule has 128 valence electrons. The summed E-state index contributed by atoms with van der Waals surface area (Å²) in [5.74, 6) is -0.685. The van der Waals surface area contributed by atoms with Crippen molar-refractivity contribution in [2.45, 2.75) is 52.2 Å². The van der Waals surface area contributed by atoms with Gasteiger partial charge in [-0.25, -0.2) is 0 Å². The van der Waals surface area contributed by atoms with Crippen molar-refractivity contribution in [2.24, 2.45) is 5.92 Å². The Labute approximate surface area is 138 Å². The van der Waals surface area contributed by atoms with E-state index in [0.29, 0.717) is 25.3 Å². The Kier molecular flexibility index (Phi) is 7.75. The Bertz CT molecular complexity index is 502. The van der Waals surface area contributed by atoms with Crippen LogP contribution in [0.2, 0.25) is 0 Å². The van der Waals surface area contributed by atoms with E-state index in [9.17, 15) is 14.7 Å². The van der Waals surface area contributed by atoms with Gasteiger partial charge in [0.1, 0.15) is 6.04 Å². The van der Waals surface area contributed by atoms with Crippen LogP contribution in [0.4, 0.5) is 0 Å². The van der Waals surface area contributed by atoms with Crippen LogP contribution in [0.1, 0.15) is 39.2 Å². The number of carbonyl (C=O) groups excluding carboxylic acids is 1. The molecule has 0 aliphatic heterocycles. The predicted molar refractivity (Wildman–Crippen MR) is 91.0 cm³/mol. The summed E-state index contributed by atoms with van der Waals surface area (Å²) in [4.78, 5) is 25.6. The van der Waals surface area contributed by atoms with Crippen LogP contribution in [0.15, 0.2) is 30.3 Å². The molecule has 0 aromatic heterocycles. The number of benzene rings is 1. The van der Waals surface area contributed by atoms with Crippen LogP contribution in [0, 0.1) is 5.92 Å². The van der Waals surface area contributed by atoms with Crippen molar-refractivity contribution in [3.05, 3.63) is 35.9 Å². The summed E-state index contributed by atoms with van der Waals surface area (Å²) in [5, 5.41) is 12.2. The fraction of sp³-hybridized carbons (Fsp3) is 0.556. The van der Waals surface area contributed by atoms with Crippen molar-refractivity contribution < 1.29 is 14.7 Å². The van der Waals surface area contributed by atoms with E-state index in [2.05, 4.69) is 5.32 Å². The molecule has 0 heterocycles. The van der Waals surface area contributed by atoms with E-state index in [4.69, 9.17) is 0 Å². The summed E-state index contributed by atoms with van der Waals surface area (Å²) in [6.45, 7) is 6.37. The summed E-state index contributed by atoms with van der Waals surface area (Å²) >= 11 is 0. The molecule has 0 aliphatic rings. The number of rotatable bonds is 9. The lowest BCUT2D eigenvalue weighted by Crippen LogP contribution is -2.51. The number of nitrogens with one attached hydrogen (secondary N) is 1. The van der Waals surface area contributed by atoms with Crippen molar-refractivity contribution in [1.29, 1.82) is 0 Å². The molecule has 2 atom stereocenters. The van der Waals surface area contributed by atoms with E-state index in [0.717, 1.165) is 5.56 Å². The number of hydrogen-bond donors (Lipinski definition) is 2. The van der Waals surface area contributed by atoms with Gasteiger partial charge in [-0.3, -0.25) is 14.9 Å². The molecule has 2 unspecified atom stereocenters. The molecule has 2 N–H and O–H groups in total. The molecule has 1 aromatic carbocycles. The lowest BCUT2D eigenvalue weighted by molar-refractivity contribution is -0.140. The second-order valence-electron chi connectivity index (χ2n) is 6.33. The Morgan fingerprint density at radius 3 is 2.26 bits per heavy atom. The number of aliphatic carboxylic acids is 1. The first-order valence-electron chi connectivity index (χ1n) is 8.12. The van der Waals surface area contributed by atoms with Crippen LogP contribution in [0.25, 0.3) is 0 Å². The van der Waals surface area contributed by atoms with E-state index in [1.807, 2.05) is 44.2 Å². The smallest absolute Gasteiger partial charge is 0.320 e. The summed E-state index contributed by atoms with van der Waals surface area (Å²) in [5.41, 5.74) is 1.05. The molecular weight excluding hydrogens is 292 g/mol. The van der Waals surface area contributed by atoms with Crippen molar-refractivity contribution in [3.8, 4) is 0 Å². The van der Waals surface area contributed by atoms with Crippen molar-refractivity contribution >= 4 is 11.9 Å². The van der Waals surface area contributed by atoms with Gasteiger partial charge in [0, 0.05) is 13.6 Å². The van der Waals surface area contributed by atoms with E-state index in [1.165, 1.54) is 0 Å². The normalized spacial score (nSPS) is 13.6. The molecule has 0 saturated heterocycles. The third-order valence-corrected chi connectivity index (χ3v) is 3.75. The fourth-order valence-corrected chi connectivity index (χ4v) is 2.52. The highest BCUT2D eigenvalue weighted by Crippen LogP contribution is 2.11. The van der Waals surface area contributed by atoms with Gasteiger partial charge in [0.15, 0.2) is 0 Å². The quantitative estimate of drug-likeness (QED) is 0.733.